The van der Waals surface area contributed by atoms with E-state index in [0.717, 1.165) is 47.8 Å². The number of hydrogen-bond donors (Lipinski definition) is 1. The van der Waals surface area contributed by atoms with Crippen LogP contribution in [0.5, 0.6) is 5.75 Å². The second-order valence-electron chi connectivity index (χ2n) is 8.88. The van der Waals surface area contributed by atoms with Gasteiger partial charge < -0.3 is 9.64 Å². The number of nitrogens with one attached hydrogen (secondary N) is 1. The van der Waals surface area contributed by atoms with Gasteiger partial charge in [0, 0.05) is 44.0 Å². The van der Waals surface area contributed by atoms with E-state index in [1.54, 1.807) is 0 Å². The van der Waals surface area contributed by atoms with Crippen LogP contribution in [-0.4, -0.2) is 39.6 Å². The fourth-order valence-electron chi connectivity index (χ4n) is 5.17. The summed E-state index contributed by atoms with van der Waals surface area (Å²) in [6, 6.07) is 9.69. The fourth-order valence-corrected chi connectivity index (χ4v) is 5.17. The number of aryl methyl sites for hydroxylation is 1. The molecule has 2 aromatic heterocycles. The van der Waals surface area contributed by atoms with E-state index >= 15 is 0 Å². The van der Waals surface area contributed by atoms with Gasteiger partial charge in [-0.2, -0.15) is 0 Å². The Balaban J connectivity index is 1.24. The normalized spacial score (nSPS) is 21.6. The molecule has 2 fully saturated rings. The number of benzene rings is 1. The van der Waals surface area contributed by atoms with Gasteiger partial charge in [-0.1, -0.05) is 12.5 Å². The van der Waals surface area contributed by atoms with Crippen molar-refractivity contribution in [2.75, 3.05) is 13.1 Å². The number of ether oxygens (including phenoxy) is 1. The Kier molecular flexibility index (Phi) is 3.57. The lowest BCUT2D eigenvalue weighted by molar-refractivity contribution is -0.646. The molecule has 5 nitrogen and oxygen atoms in total. The summed E-state index contributed by atoms with van der Waals surface area (Å²) < 4.78 is 8.54. The molecule has 1 saturated heterocycles. The van der Waals surface area contributed by atoms with E-state index in [0.29, 0.717) is 0 Å². The van der Waals surface area contributed by atoms with Crippen LogP contribution in [0, 0.1) is 0 Å². The molecule has 0 bridgehead atoms. The molecule has 1 aromatic carbocycles. The maximum Gasteiger partial charge on any atom is 0.301 e. The van der Waals surface area contributed by atoms with Crippen LogP contribution in [0.2, 0.25) is 0 Å². The van der Waals surface area contributed by atoms with Gasteiger partial charge in [0.05, 0.1) is 7.05 Å². The zero-order chi connectivity index (χ0) is 18.7. The lowest BCUT2D eigenvalue weighted by atomic mass is 9.83. The minimum absolute atomic E-state index is 0.0244. The molecule has 1 spiro atoms. The first-order valence-electron chi connectivity index (χ1n) is 10.6. The number of piperidine rings is 1. The summed E-state index contributed by atoms with van der Waals surface area (Å²) in [5.41, 5.74) is 5.79. The van der Waals surface area contributed by atoms with E-state index < -0.39 is 0 Å². The van der Waals surface area contributed by atoms with Crippen molar-refractivity contribution in [1.82, 2.24) is 14.9 Å². The monoisotopic (exact) mass is 375 g/mol. The van der Waals surface area contributed by atoms with Crippen molar-refractivity contribution in [3.05, 3.63) is 42.4 Å². The predicted molar refractivity (Wildman–Crippen MR) is 108 cm³/mol. The van der Waals surface area contributed by atoms with E-state index in [4.69, 9.17) is 4.74 Å². The van der Waals surface area contributed by atoms with Crippen molar-refractivity contribution < 1.29 is 9.30 Å². The molecular formula is C23H27N4O+. The molecular weight excluding hydrogens is 348 g/mol. The summed E-state index contributed by atoms with van der Waals surface area (Å²) >= 11 is 0. The lowest BCUT2D eigenvalue weighted by Gasteiger charge is -2.45. The van der Waals surface area contributed by atoms with Gasteiger partial charge in [0.1, 0.15) is 17.5 Å². The first-order chi connectivity index (χ1) is 13.7. The number of rotatable bonds is 2. The second kappa shape index (κ2) is 6.05. The van der Waals surface area contributed by atoms with E-state index in [-0.39, 0.29) is 5.60 Å². The Morgan fingerprint density at radius 1 is 1.18 bits per heavy atom. The van der Waals surface area contributed by atoms with Gasteiger partial charge in [0.25, 0.3) is 0 Å². The Bertz CT molecular complexity index is 1040. The number of imidazole rings is 1. The van der Waals surface area contributed by atoms with Crippen molar-refractivity contribution in [3.63, 3.8) is 0 Å². The third kappa shape index (κ3) is 2.56. The highest BCUT2D eigenvalue weighted by atomic mass is 16.5. The summed E-state index contributed by atoms with van der Waals surface area (Å²) in [7, 11) is 2.01. The summed E-state index contributed by atoms with van der Waals surface area (Å²) in [5.74, 6) is 1.08. The van der Waals surface area contributed by atoms with Crippen molar-refractivity contribution in [2.45, 2.75) is 50.2 Å². The average Bonchev–Trinajstić information content (AvgIpc) is 3.21. The Labute approximate surface area is 165 Å². The molecule has 1 N–H and O–H groups in total. The summed E-state index contributed by atoms with van der Waals surface area (Å²) in [6.07, 6.45) is 11.5. The molecule has 1 aliphatic carbocycles. The van der Waals surface area contributed by atoms with Gasteiger partial charge >= 0.3 is 5.65 Å². The Hall–Kier alpha value is -2.40. The zero-order valence-electron chi connectivity index (χ0n) is 16.4. The summed E-state index contributed by atoms with van der Waals surface area (Å²) in [6.45, 7) is 2.38. The highest BCUT2D eigenvalue weighted by Gasteiger charge is 2.43. The number of H-pyrrole nitrogens is 1. The van der Waals surface area contributed by atoms with Gasteiger partial charge in [0.2, 0.25) is 0 Å². The molecule has 144 valence electrons. The molecule has 0 amide bonds. The van der Waals surface area contributed by atoms with E-state index in [9.17, 15) is 0 Å². The molecule has 6 rings (SSSR count). The lowest BCUT2D eigenvalue weighted by Crippen LogP contribution is -2.52. The van der Waals surface area contributed by atoms with Crippen LogP contribution < -0.4 is 9.30 Å². The molecule has 2 aliphatic heterocycles. The maximum atomic E-state index is 6.53. The van der Waals surface area contributed by atoms with Crippen molar-refractivity contribution >= 4 is 11.2 Å². The maximum absolute atomic E-state index is 6.53. The first-order valence-corrected chi connectivity index (χ1v) is 10.6. The standard InChI is InChI=1S/C23H26N4O/c1-26-15-25-20-12-18(14-24-22(20)26)16-5-6-21-17(11-16)13-23(28-21)7-9-27(10-8-23)19-3-2-4-19/h5-6,11-12,14-15,19H,2-4,7-10,13H2,1H3/p+1. The number of nitrogens with zero attached hydrogens (tertiary/aromatic N) is 3. The molecule has 0 radical (unpaired) electrons. The van der Waals surface area contributed by atoms with E-state index in [1.165, 1.54) is 43.5 Å². The highest BCUT2D eigenvalue weighted by molar-refractivity contribution is 5.76. The zero-order valence-corrected chi connectivity index (χ0v) is 16.4. The highest BCUT2D eigenvalue weighted by Crippen LogP contribution is 2.43. The largest absolute Gasteiger partial charge is 0.487 e. The molecule has 0 unspecified atom stereocenters. The van der Waals surface area contributed by atoms with Crippen LogP contribution >= 0.6 is 0 Å². The SMILES string of the molecule is C[n+]1c[nH]c2cc(-c3ccc4c(c3)CC3(CCN(C5CCC5)CC3)O4)cnc21. The Morgan fingerprint density at radius 2 is 2.04 bits per heavy atom. The molecule has 0 atom stereocenters. The van der Waals surface area contributed by atoms with Crippen LogP contribution in [0.1, 0.15) is 37.7 Å². The minimum Gasteiger partial charge on any atom is -0.487 e. The van der Waals surface area contributed by atoms with Gasteiger partial charge in [-0.25, -0.2) is 4.57 Å². The number of fused-ring (bicyclic) bond motifs is 2. The molecule has 28 heavy (non-hydrogen) atoms. The predicted octanol–water partition coefficient (Wildman–Crippen LogP) is 3.38. The molecule has 3 aromatic rings. The second-order valence-corrected chi connectivity index (χ2v) is 8.88. The molecule has 5 heteroatoms. The number of aromatic amines is 1. The van der Waals surface area contributed by atoms with Crippen LogP contribution in [0.15, 0.2) is 36.8 Å². The van der Waals surface area contributed by atoms with Crippen molar-refractivity contribution in [2.24, 2.45) is 7.05 Å². The topological polar surface area (TPSA) is 45.0 Å². The third-order valence-electron chi connectivity index (χ3n) is 7.15. The number of aromatic nitrogens is 3. The van der Waals surface area contributed by atoms with Crippen LogP contribution in [0.25, 0.3) is 22.3 Å². The number of likely N-dealkylation sites (tertiary alicyclic amines) is 1. The summed E-state index contributed by atoms with van der Waals surface area (Å²) in [5, 5.41) is 0. The first kappa shape index (κ1) is 16.5. The van der Waals surface area contributed by atoms with Gasteiger partial charge in [-0.3, -0.25) is 4.98 Å². The van der Waals surface area contributed by atoms with E-state index in [2.05, 4.69) is 39.1 Å². The molecule has 4 heterocycles. The molecule has 1 saturated carbocycles. The molecule has 3 aliphatic rings. The van der Waals surface area contributed by atoms with Gasteiger partial charge in [-0.15, -0.1) is 4.98 Å². The van der Waals surface area contributed by atoms with Crippen LogP contribution in [-0.2, 0) is 13.5 Å². The average molecular weight is 375 g/mol. The minimum atomic E-state index is 0.0244. The van der Waals surface area contributed by atoms with Crippen LogP contribution in [0.4, 0.5) is 0 Å². The quantitative estimate of drug-likeness (QED) is 0.699. The number of hydrogen-bond acceptors (Lipinski definition) is 3. The summed E-state index contributed by atoms with van der Waals surface area (Å²) in [4.78, 5) is 10.6. The fraction of sp³-hybridized carbons (Fsp3) is 0.478. The van der Waals surface area contributed by atoms with Crippen molar-refractivity contribution in [1.29, 1.82) is 0 Å². The van der Waals surface area contributed by atoms with E-state index in [1.807, 2.05) is 24.1 Å². The van der Waals surface area contributed by atoms with Gasteiger partial charge in [0.15, 0.2) is 11.8 Å². The smallest absolute Gasteiger partial charge is 0.301 e. The van der Waals surface area contributed by atoms with Crippen molar-refractivity contribution in [3.8, 4) is 16.9 Å². The third-order valence-corrected chi connectivity index (χ3v) is 7.15. The van der Waals surface area contributed by atoms with Gasteiger partial charge in [-0.05, 0) is 42.2 Å². The Morgan fingerprint density at radius 3 is 2.82 bits per heavy atom. The number of pyridine rings is 1. The van der Waals surface area contributed by atoms with Crippen LogP contribution in [0.3, 0.4) is 0 Å².